The summed E-state index contributed by atoms with van der Waals surface area (Å²) in [5.41, 5.74) is 6.11. The van der Waals surface area contributed by atoms with Crippen molar-refractivity contribution < 1.29 is 23.8 Å². The van der Waals surface area contributed by atoms with Crippen LogP contribution in [0, 0.1) is 23.5 Å². The Kier molecular flexibility index (Phi) is 5.01. The maximum absolute atomic E-state index is 11.4. The molecule has 0 atom stereocenters. The number of rotatable bonds is 6. The molecular formula is C15H14N4O5. The minimum Gasteiger partial charge on any atom is -0.493 e. The summed E-state index contributed by atoms with van der Waals surface area (Å²) in [4.78, 5) is 11.4. The predicted molar refractivity (Wildman–Crippen MR) is 80.3 cm³/mol. The van der Waals surface area contributed by atoms with Gasteiger partial charge in [0, 0.05) is 12.1 Å². The number of aromatic nitrogens is 2. The average molecular weight is 330 g/mol. The number of primary amides is 1. The van der Waals surface area contributed by atoms with E-state index in [0.29, 0.717) is 22.8 Å². The third-order valence-electron chi connectivity index (χ3n) is 3.14. The molecule has 0 unspecified atom stereocenters. The third-order valence-corrected chi connectivity index (χ3v) is 3.14. The predicted octanol–water partition coefficient (Wildman–Crippen LogP) is 0.596. The van der Waals surface area contributed by atoms with Gasteiger partial charge in [0.25, 0.3) is 5.91 Å². The molecule has 1 amide bonds. The summed E-state index contributed by atoms with van der Waals surface area (Å²) >= 11 is 0. The molecule has 1 heterocycles. The fourth-order valence-electron chi connectivity index (χ4n) is 1.85. The molecule has 0 saturated heterocycles. The quantitative estimate of drug-likeness (QED) is 0.464. The largest absolute Gasteiger partial charge is 0.493 e. The van der Waals surface area contributed by atoms with Crippen LogP contribution in [0.4, 0.5) is 0 Å². The Morgan fingerprint density at radius 2 is 2.29 bits per heavy atom. The number of benzene rings is 1. The van der Waals surface area contributed by atoms with E-state index < -0.39 is 5.91 Å². The van der Waals surface area contributed by atoms with Gasteiger partial charge in [0.05, 0.1) is 7.11 Å². The van der Waals surface area contributed by atoms with E-state index in [2.05, 4.69) is 9.79 Å². The molecule has 124 valence electrons. The molecule has 0 bridgehead atoms. The Balaban J connectivity index is 2.24. The number of nitriles is 1. The molecule has 24 heavy (non-hydrogen) atoms. The highest BCUT2D eigenvalue weighted by Gasteiger charge is 2.16. The van der Waals surface area contributed by atoms with Crippen molar-refractivity contribution in [2.24, 2.45) is 5.73 Å². The number of ether oxygens (including phenoxy) is 2. The molecule has 1 aromatic carbocycles. The molecule has 0 fully saturated rings. The van der Waals surface area contributed by atoms with Crippen LogP contribution in [0.5, 0.6) is 11.5 Å². The van der Waals surface area contributed by atoms with Gasteiger partial charge >= 0.3 is 0 Å². The van der Waals surface area contributed by atoms with Crippen molar-refractivity contribution in [1.29, 1.82) is 5.26 Å². The summed E-state index contributed by atoms with van der Waals surface area (Å²) in [6.45, 7) is 1.56. The van der Waals surface area contributed by atoms with Gasteiger partial charge < -0.3 is 20.4 Å². The SMILES string of the molecule is COc1cc(/C=C(\C#N)C(N)=O)ccc1OCc1c(C)no[n+]1[O-]. The number of carbonyl (C=O) groups excluding carboxylic acids is 1. The molecule has 0 saturated carbocycles. The summed E-state index contributed by atoms with van der Waals surface area (Å²) in [6.07, 6.45) is 1.34. The topological polar surface area (TPSA) is 138 Å². The highest BCUT2D eigenvalue weighted by Crippen LogP contribution is 2.29. The minimum atomic E-state index is -0.820. The van der Waals surface area contributed by atoms with E-state index >= 15 is 0 Å². The molecule has 9 heteroatoms. The second-order valence-electron chi connectivity index (χ2n) is 4.70. The Morgan fingerprint density at radius 1 is 1.54 bits per heavy atom. The van der Waals surface area contributed by atoms with E-state index in [1.54, 1.807) is 31.2 Å². The molecule has 0 aliphatic heterocycles. The van der Waals surface area contributed by atoms with Crippen molar-refractivity contribution in [1.82, 2.24) is 5.16 Å². The zero-order valence-electron chi connectivity index (χ0n) is 13.0. The van der Waals surface area contributed by atoms with E-state index in [4.69, 9.17) is 20.5 Å². The lowest BCUT2D eigenvalue weighted by Crippen LogP contribution is -2.29. The van der Waals surface area contributed by atoms with Crippen molar-refractivity contribution >= 4 is 12.0 Å². The maximum atomic E-state index is 11.4. The first kappa shape index (κ1) is 16.8. The summed E-state index contributed by atoms with van der Waals surface area (Å²) in [7, 11) is 1.44. The van der Waals surface area contributed by atoms with E-state index in [9.17, 15) is 10.0 Å². The molecule has 2 rings (SSSR count). The normalized spacial score (nSPS) is 11.0. The first-order valence-corrected chi connectivity index (χ1v) is 6.74. The summed E-state index contributed by atoms with van der Waals surface area (Å²) in [6, 6.07) is 6.49. The lowest BCUT2D eigenvalue weighted by atomic mass is 10.1. The molecular weight excluding hydrogens is 316 g/mol. The zero-order valence-corrected chi connectivity index (χ0v) is 13.0. The standard InChI is InChI=1S/C15H14N4O5/c1-9-12(19(21)24-18-9)8-23-13-4-3-10(6-14(13)22-2)5-11(7-16)15(17)20/h3-6H,8H2,1-2H3,(H2,17,20)/b11-5+. The van der Waals surface area contributed by atoms with Gasteiger partial charge in [0.15, 0.2) is 18.1 Å². The van der Waals surface area contributed by atoms with E-state index in [1.165, 1.54) is 13.2 Å². The van der Waals surface area contributed by atoms with Crippen LogP contribution in [0.3, 0.4) is 0 Å². The van der Waals surface area contributed by atoms with Crippen LogP contribution >= 0.6 is 0 Å². The number of carbonyl (C=O) groups is 1. The summed E-state index contributed by atoms with van der Waals surface area (Å²) in [5, 5.41) is 23.8. The molecule has 2 aromatic rings. The summed E-state index contributed by atoms with van der Waals surface area (Å²) < 4.78 is 15.2. The Hall–Kier alpha value is -3.54. The number of nitrogens with two attached hydrogens (primary N) is 1. The van der Waals surface area contributed by atoms with Crippen molar-refractivity contribution in [3.8, 4) is 17.6 Å². The number of hydrogen-bond donors (Lipinski definition) is 1. The van der Waals surface area contributed by atoms with Crippen molar-refractivity contribution in [3.63, 3.8) is 0 Å². The van der Waals surface area contributed by atoms with Gasteiger partial charge in [-0.05, 0) is 28.7 Å². The van der Waals surface area contributed by atoms with Crippen LogP contribution in [0.1, 0.15) is 17.0 Å². The average Bonchev–Trinajstić information content (AvgIpc) is 2.89. The lowest BCUT2D eigenvalue weighted by Gasteiger charge is -2.10. The molecule has 9 nitrogen and oxygen atoms in total. The van der Waals surface area contributed by atoms with Crippen molar-refractivity contribution in [3.05, 3.63) is 45.9 Å². The van der Waals surface area contributed by atoms with Gasteiger partial charge in [-0.2, -0.15) is 5.26 Å². The Morgan fingerprint density at radius 3 is 2.83 bits per heavy atom. The number of aryl methyl sites for hydroxylation is 1. The minimum absolute atomic E-state index is 0.0604. The first-order valence-electron chi connectivity index (χ1n) is 6.74. The van der Waals surface area contributed by atoms with Gasteiger partial charge in [-0.25, -0.2) is 0 Å². The van der Waals surface area contributed by atoms with E-state index in [1.807, 2.05) is 0 Å². The molecule has 1 aromatic heterocycles. The Bertz CT molecular complexity index is 815. The molecule has 0 aliphatic carbocycles. The van der Waals surface area contributed by atoms with Gasteiger partial charge in [0.1, 0.15) is 11.6 Å². The van der Waals surface area contributed by atoms with Crippen LogP contribution in [0.2, 0.25) is 0 Å². The van der Waals surface area contributed by atoms with Crippen LogP contribution in [-0.2, 0) is 11.4 Å². The van der Waals surface area contributed by atoms with E-state index in [0.717, 1.165) is 0 Å². The fourth-order valence-corrected chi connectivity index (χ4v) is 1.85. The molecule has 0 spiro atoms. The lowest BCUT2D eigenvalue weighted by molar-refractivity contribution is -0.808. The van der Waals surface area contributed by atoms with Gasteiger partial charge in [-0.3, -0.25) is 9.42 Å². The summed E-state index contributed by atoms with van der Waals surface area (Å²) in [5.74, 6) is -0.0929. The second-order valence-corrected chi connectivity index (χ2v) is 4.70. The fraction of sp³-hybridized carbons (Fsp3) is 0.200. The van der Waals surface area contributed by atoms with Crippen LogP contribution in [-0.4, -0.2) is 18.2 Å². The maximum Gasteiger partial charge on any atom is 0.259 e. The smallest absolute Gasteiger partial charge is 0.259 e. The van der Waals surface area contributed by atoms with E-state index in [-0.39, 0.29) is 22.8 Å². The molecule has 0 aliphatic rings. The third kappa shape index (κ3) is 3.61. The van der Waals surface area contributed by atoms with Crippen LogP contribution in [0.15, 0.2) is 28.4 Å². The Labute approximate surface area is 137 Å². The van der Waals surface area contributed by atoms with Crippen molar-refractivity contribution in [2.45, 2.75) is 13.5 Å². The number of nitrogens with zero attached hydrogens (tertiary/aromatic N) is 3. The number of amides is 1. The monoisotopic (exact) mass is 330 g/mol. The van der Waals surface area contributed by atoms with Gasteiger partial charge in [0.2, 0.25) is 11.4 Å². The van der Waals surface area contributed by atoms with Crippen LogP contribution in [0.25, 0.3) is 6.08 Å². The second kappa shape index (κ2) is 7.15. The zero-order chi connectivity index (χ0) is 17.7. The highest BCUT2D eigenvalue weighted by molar-refractivity contribution is 6.00. The first-order chi connectivity index (χ1) is 11.5. The van der Waals surface area contributed by atoms with Gasteiger partial charge in [-0.1, -0.05) is 6.07 Å². The van der Waals surface area contributed by atoms with Crippen molar-refractivity contribution in [2.75, 3.05) is 7.11 Å². The number of methoxy groups -OCH3 is 1. The number of hydrogen-bond acceptors (Lipinski definition) is 7. The highest BCUT2D eigenvalue weighted by atomic mass is 16.8. The molecule has 2 N–H and O–H groups in total. The van der Waals surface area contributed by atoms with Gasteiger partial charge in [-0.15, -0.1) is 0 Å². The molecule has 0 radical (unpaired) electrons. The van der Waals surface area contributed by atoms with Crippen LogP contribution < -0.4 is 20.1 Å².